The van der Waals surface area contributed by atoms with Gasteiger partial charge in [0.25, 0.3) is 5.56 Å². The van der Waals surface area contributed by atoms with Gasteiger partial charge in [-0.1, -0.05) is 6.07 Å². The summed E-state index contributed by atoms with van der Waals surface area (Å²) in [6.07, 6.45) is 0. The van der Waals surface area contributed by atoms with Gasteiger partial charge < -0.3 is 24.3 Å². The summed E-state index contributed by atoms with van der Waals surface area (Å²) >= 11 is 0. The highest BCUT2D eigenvalue weighted by molar-refractivity contribution is 7.89. The van der Waals surface area contributed by atoms with E-state index in [1.165, 1.54) is 24.3 Å². The van der Waals surface area contributed by atoms with Crippen LogP contribution in [0.2, 0.25) is 0 Å². The van der Waals surface area contributed by atoms with E-state index in [0.29, 0.717) is 35.6 Å². The maximum Gasteiger partial charge on any atom is 0.338 e. The fourth-order valence-electron chi connectivity index (χ4n) is 3.64. The van der Waals surface area contributed by atoms with Gasteiger partial charge in [0.2, 0.25) is 10.0 Å². The number of esters is 1. The Balaban J connectivity index is 1.69. The average Bonchev–Trinajstić information content (AvgIpc) is 2.83. The van der Waals surface area contributed by atoms with Crippen molar-refractivity contribution < 1.29 is 32.5 Å². The van der Waals surface area contributed by atoms with E-state index < -0.39 is 28.2 Å². The Morgan fingerprint density at radius 1 is 1.15 bits per heavy atom. The van der Waals surface area contributed by atoms with Gasteiger partial charge in [0.1, 0.15) is 13.2 Å². The number of nitrogens with one attached hydrogen (secondary N) is 1. The number of benzene rings is 2. The number of H-pyrrole nitrogens is 1. The molecule has 0 radical (unpaired) electrons. The molecule has 0 amide bonds. The quantitative estimate of drug-likeness (QED) is 0.457. The van der Waals surface area contributed by atoms with Crippen LogP contribution in [0.4, 0.5) is 0 Å². The van der Waals surface area contributed by atoms with E-state index in [2.05, 4.69) is 4.98 Å². The monoisotopic (exact) mass is 488 g/mol. The first-order valence-corrected chi connectivity index (χ1v) is 12.1. The molecule has 2 heterocycles. The van der Waals surface area contributed by atoms with Crippen LogP contribution in [-0.2, 0) is 21.3 Å². The molecule has 2 aromatic carbocycles. The molecule has 1 aliphatic heterocycles. The van der Waals surface area contributed by atoms with Gasteiger partial charge in [-0.25, -0.2) is 13.2 Å². The number of pyridine rings is 1. The third-order valence-corrected chi connectivity index (χ3v) is 7.10. The van der Waals surface area contributed by atoms with E-state index in [-0.39, 0.29) is 35.7 Å². The predicted molar refractivity (Wildman–Crippen MR) is 123 cm³/mol. The summed E-state index contributed by atoms with van der Waals surface area (Å²) in [5.74, 6) is 0.411. The van der Waals surface area contributed by atoms with Crippen molar-refractivity contribution in [3.05, 3.63) is 63.9 Å². The minimum atomic E-state index is -4.15. The molecule has 0 bridgehead atoms. The molecule has 11 heteroatoms. The number of carbonyl (C=O) groups is 1. The Labute approximate surface area is 195 Å². The summed E-state index contributed by atoms with van der Waals surface area (Å²) in [4.78, 5) is 27.4. The van der Waals surface area contributed by atoms with E-state index >= 15 is 0 Å². The van der Waals surface area contributed by atoms with E-state index in [9.17, 15) is 23.1 Å². The molecule has 10 nitrogen and oxygen atoms in total. The summed E-state index contributed by atoms with van der Waals surface area (Å²) in [7, 11) is -4.15. The zero-order chi connectivity index (χ0) is 24.3. The lowest BCUT2D eigenvalue weighted by Gasteiger charge is -2.22. The van der Waals surface area contributed by atoms with Crippen LogP contribution < -0.4 is 15.0 Å². The second kappa shape index (κ2) is 9.84. The highest BCUT2D eigenvalue weighted by atomic mass is 32.2. The van der Waals surface area contributed by atoms with Crippen LogP contribution in [0.25, 0.3) is 10.9 Å². The molecule has 34 heavy (non-hydrogen) atoms. The van der Waals surface area contributed by atoms with Crippen molar-refractivity contribution in [2.75, 3.05) is 33.0 Å². The van der Waals surface area contributed by atoms with Gasteiger partial charge in [-0.3, -0.25) is 4.79 Å². The van der Waals surface area contributed by atoms with Gasteiger partial charge in [-0.2, -0.15) is 4.31 Å². The van der Waals surface area contributed by atoms with Gasteiger partial charge in [0.15, 0.2) is 11.5 Å². The topological polar surface area (TPSA) is 135 Å². The highest BCUT2D eigenvalue weighted by Gasteiger charge is 2.26. The van der Waals surface area contributed by atoms with Gasteiger partial charge in [-0.05, 0) is 37.3 Å². The van der Waals surface area contributed by atoms with Crippen LogP contribution in [0.5, 0.6) is 11.5 Å². The van der Waals surface area contributed by atoms with Crippen molar-refractivity contribution in [2.24, 2.45) is 0 Å². The first-order chi connectivity index (χ1) is 16.3. The lowest BCUT2D eigenvalue weighted by atomic mass is 10.1. The summed E-state index contributed by atoms with van der Waals surface area (Å²) in [5, 5.41) is 10.2. The number of hydrogen-bond acceptors (Lipinski definition) is 8. The molecule has 0 unspecified atom stereocenters. The zero-order valence-electron chi connectivity index (χ0n) is 18.4. The molecule has 0 saturated heterocycles. The lowest BCUT2D eigenvalue weighted by molar-refractivity contribution is 0.0526. The third kappa shape index (κ3) is 4.76. The molecule has 0 aliphatic carbocycles. The van der Waals surface area contributed by atoms with Crippen LogP contribution in [0.15, 0.2) is 52.2 Å². The first-order valence-electron chi connectivity index (χ1n) is 10.7. The number of nitrogens with zero attached hydrogens (tertiary/aromatic N) is 1. The molecular formula is C23H24N2O8S. The van der Waals surface area contributed by atoms with E-state index in [4.69, 9.17) is 14.2 Å². The van der Waals surface area contributed by atoms with Crippen LogP contribution in [0.1, 0.15) is 22.8 Å². The molecule has 0 saturated carbocycles. The number of hydrogen-bond donors (Lipinski definition) is 2. The van der Waals surface area contributed by atoms with Crippen molar-refractivity contribution in [2.45, 2.75) is 18.4 Å². The maximum atomic E-state index is 13.3. The lowest BCUT2D eigenvalue weighted by Crippen LogP contribution is -2.35. The number of sulfonamides is 1. The molecule has 0 fully saturated rings. The Bertz CT molecular complexity index is 1380. The van der Waals surface area contributed by atoms with Crippen LogP contribution in [0, 0.1) is 0 Å². The van der Waals surface area contributed by atoms with Crippen LogP contribution in [0.3, 0.4) is 0 Å². The largest absolute Gasteiger partial charge is 0.486 e. The van der Waals surface area contributed by atoms with Crippen molar-refractivity contribution in [3.63, 3.8) is 0 Å². The molecule has 1 aromatic heterocycles. The van der Waals surface area contributed by atoms with Gasteiger partial charge in [0.05, 0.1) is 29.2 Å². The average molecular weight is 489 g/mol. The van der Waals surface area contributed by atoms with Gasteiger partial charge in [-0.15, -0.1) is 0 Å². The number of ether oxygens (including phenoxy) is 3. The number of carbonyl (C=O) groups excluding carboxylic acids is 1. The number of aliphatic hydroxyl groups is 1. The molecule has 0 atom stereocenters. The summed E-state index contributed by atoms with van der Waals surface area (Å²) < 4.78 is 43.7. The molecule has 1 aliphatic rings. The molecule has 0 spiro atoms. The van der Waals surface area contributed by atoms with Crippen molar-refractivity contribution >= 4 is 26.9 Å². The number of rotatable bonds is 8. The van der Waals surface area contributed by atoms with E-state index in [1.54, 1.807) is 25.1 Å². The third-order valence-electron chi connectivity index (χ3n) is 5.26. The summed E-state index contributed by atoms with van der Waals surface area (Å²) in [6.45, 7) is 1.63. The Morgan fingerprint density at radius 2 is 1.88 bits per heavy atom. The number of aromatic nitrogens is 1. The Kier molecular flexibility index (Phi) is 6.87. The molecule has 4 rings (SSSR count). The molecule has 2 N–H and O–H groups in total. The predicted octanol–water partition coefficient (Wildman–Crippen LogP) is 1.66. The minimum Gasteiger partial charge on any atom is -0.486 e. The van der Waals surface area contributed by atoms with E-state index in [1.807, 2.05) is 0 Å². The van der Waals surface area contributed by atoms with E-state index in [0.717, 1.165) is 4.31 Å². The normalized spacial score (nSPS) is 13.3. The molecular weight excluding hydrogens is 464 g/mol. The number of aliphatic hydroxyl groups excluding tert-OH is 1. The minimum absolute atomic E-state index is 0.0856. The van der Waals surface area contributed by atoms with Crippen LogP contribution >= 0.6 is 0 Å². The fraction of sp³-hybridized carbons (Fsp3) is 0.304. The number of aromatic amines is 1. The fourth-order valence-corrected chi connectivity index (χ4v) is 5.09. The zero-order valence-corrected chi connectivity index (χ0v) is 19.3. The first kappa shape index (κ1) is 23.7. The Morgan fingerprint density at radius 3 is 2.59 bits per heavy atom. The van der Waals surface area contributed by atoms with Crippen LogP contribution in [-0.4, -0.2) is 61.8 Å². The summed E-state index contributed by atoms with van der Waals surface area (Å²) in [6, 6.07) is 10.4. The number of fused-ring (bicyclic) bond motifs is 2. The SMILES string of the molecule is CCOC(=O)c1cccc(S(=O)(=O)N(CCO)Cc2cc3cc4c(cc3[nH]c2=O)OCCO4)c1. The van der Waals surface area contributed by atoms with Gasteiger partial charge in [0, 0.05) is 30.1 Å². The maximum absolute atomic E-state index is 13.3. The second-order valence-corrected chi connectivity index (χ2v) is 9.46. The second-order valence-electron chi connectivity index (χ2n) is 7.52. The van der Waals surface area contributed by atoms with Gasteiger partial charge >= 0.3 is 5.97 Å². The van der Waals surface area contributed by atoms with Crippen molar-refractivity contribution in [3.8, 4) is 11.5 Å². The molecule has 180 valence electrons. The Hall–Kier alpha value is -3.41. The molecule has 3 aromatic rings. The van der Waals surface area contributed by atoms with Crippen molar-refractivity contribution in [1.82, 2.24) is 9.29 Å². The smallest absolute Gasteiger partial charge is 0.338 e. The summed E-state index contributed by atoms with van der Waals surface area (Å²) in [5.41, 5.74) is 0.324. The highest BCUT2D eigenvalue weighted by Crippen LogP contribution is 2.33. The van der Waals surface area contributed by atoms with Crippen molar-refractivity contribution in [1.29, 1.82) is 0 Å². The standard InChI is InChI=1S/C23H24N2O8S/c1-2-31-23(28)15-4-3-5-18(11-15)34(29,30)25(6-7-26)14-17-10-16-12-20-21(33-9-8-32-20)13-19(16)24-22(17)27/h3-5,10-13,26H,2,6-9,14H2,1H3,(H,24,27).